The molecule has 0 radical (unpaired) electrons. The largest absolute Gasteiger partial charge is 0.466 e. The van der Waals surface area contributed by atoms with Gasteiger partial charge in [-0.1, -0.05) is 60.7 Å². The van der Waals surface area contributed by atoms with E-state index in [0.29, 0.717) is 11.3 Å². The number of para-hydroxylation sites is 1. The molecule has 3 aromatic carbocycles. The number of benzene rings is 3. The molecule has 1 fully saturated rings. The Bertz CT molecular complexity index is 1480. The van der Waals surface area contributed by atoms with Crippen LogP contribution in [0.25, 0.3) is 0 Å². The van der Waals surface area contributed by atoms with Crippen LogP contribution in [0.2, 0.25) is 0 Å². The van der Waals surface area contributed by atoms with E-state index < -0.39 is 40.0 Å². The van der Waals surface area contributed by atoms with Gasteiger partial charge in [0, 0.05) is 47.7 Å². The highest BCUT2D eigenvalue weighted by Crippen LogP contribution is 2.70. The van der Waals surface area contributed by atoms with Gasteiger partial charge in [0.2, 0.25) is 5.91 Å². The molecule has 8 nitrogen and oxygen atoms in total. The van der Waals surface area contributed by atoms with Crippen molar-refractivity contribution in [1.29, 1.82) is 0 Å². The number of carbonyl (C=O) groups excluding carboxylic acids is 3. The number of rotatable bonds is 4. The molecular weight excluding hydrogens is 472 g/mol. The predicted molar refractivity (Wildman–Crippen MR) is 134 cm³/mol. The van der Waals surface area contributed by atoms with E-state index in [1.165, 1.54) is 17.0 Å². The Balaban J connectivity index is 1.75. The number of ketones is 1. The lowest BCUT2D eigenvalue weighted by molar-refractivity contribution is -0.385. The molecule has 1 heterocycles. The van der Waals surface area contributed by atoms with E-state index >= 15 is 0 Å². The Labute approximate surface area is 213 Å². The third-order valence-electron chi connectivity index (χ3n) is 8.34. The number of nitrogens with zero attached hydrogens (tertiary/aromatic N) is 2. The van der Waals surface area contributed by atoms with Gasteiger partial charge in [0.15, 0.2) is 5.78 Å². The van der Waals surface area contributed by atoms with Crippen LogP contribution in [0.3, 0.4) is 0 Å². The molecule has 1 saturated carbocycles. The van der Waals surface area contributed by atoms with Crippen molar-refractivity contribution >= 4 is 29.0 Å². The highest BCUT2D eigenvalue weighted by Gasteiger charge is 2.75. The zero-order valence-electron chi connectivity index (χ0n) is 20.3. The van der Waals surface area contributed by atoms with Gasteiger partial charge in [-0.15, -0.1) is 0 Å². The number of hydrogen-bond acceptors (Lipinski definition) is 6. The highest BCUT2D eigenvalue weighted by atomic mass is 16.6. The molecule has 3 aromatic rings. The quantitative estimate of drug-likeness (QED) is 0.301. The van der Waals surface area contributed by atoms with Crippen LogP contribution in [0, 0.1) is 22.0 Å². The molecule has 6 rings (SSSR count). The number of ether oxygens (including phenoxy) is 1. The maximum absolute atomic E-state index is 14.4. The predicted octanol–water partition coefficient (Wildman–Crippen LogP) is 4.38. The van der Waals surface area contributed by atoms with Crippen LogP contribution in [-0.2, 0) is 19.7 Å². The fourth-order valence-corrected chi connectivity index (χ4v) is 7.21. The van der Waals surface area contributed by atoms with E-state index in [0.717, 1.165) is 5.56 Å². The van der Waals surface area contributed by atoms with Gasteiger partial charge >= 0.3 is 5.97 Å². The van der Waals surface area contributed by atoms with Gasteiger partial charge in [0.25, 0.3) is 5.69 Å². The van der Waals surface area contributed by atoms with Crippen molar-refractivity contribution in [2.75, 3.05) is 18.6 Å². The second-order valence-electron chi connectivity index (χ2n) is 9.78. The SMILES string of the molecule is CCOC(=O)C1C2c3c(cccc3[N+](=O)[O-])C(=O)C2C(c2ccccc2)C12C(=O)N(C)c1ccccc12. The molecular formula is C29H24N2O6. The standard InChI is InChI=1S/C29H24N2O6/c1-3-37-27(33)25-22-21-17(12-9-15-20(21)31(35)36)26(32)23(22)24(16-10-5-4-6-11-16)29(25)18-13-7-8-14-19(18)30(2)28(29)34/h4-15,22-25H,3H2,1-2H3. The first-order valence-electron chi connectivity index (χ1n) is 12.3. The second kappa shape index (κ2) is 8.09. The summed E-state index contributed by atoms with van der Waals surface area (Å²) in [6.07, 6.45) is 0. The molecule has 0 bridgehead atoms. The van der Waals surface area contributed by atoms with Gasteiger partial charge in [0.05, 0.1) is 22.9 Å². The van der Waals surface area contributed by atoms with Gasteiger partial charge in [0.1, 0.15) is 0 Å². The molecule has 5 unspecified atom stereocenters. The van der Waals surface area contributed by atoms with E-state index in [1.54, 1.807) is 20.0 Å². The van der Waals surface area contributed by atoms with Crippen LogP contribution in [0.5, 0.6) is 0 Å². The summed E-state index contributed by atoms with van der Waals surface area (Å²) in [5.74, 6) is -4.84. The van der Waals surface area contributed by atoms with Crippen LogP contribution >= 0.6 is 0 Å². The molecule has 37 heavy (non-hydrogen) atoms. The van der Waals surface area contributed by atoms with Crippen molar-refractivity contribution in [2.45, 2.75) is 24.2 Å². The molecule has 1 spiro atoms. The zero-order chi connectivity index (χ0) is 26.1. The van der Waals surface area contributed by atoms with Crippen LogP contribution in [0.4, 0.5) is 11.4 Å². The number of Topliss-reactive ketones (excluding diaryl/α,β-unsaturated/α-hetero) is 1. The zero-order valence-corrected chi connectivity index (χ0v) is 20.3. The van der Waals surface area contributed by atoms with Crippen LogP contribution in [0.15, 0.2) is 72.8 Å². The maximum atomic E-state index is 14.4. The number of hydrogen-bond donors (Lipinski definition) is 0. The van der Waals surface area contributed by atoms with Crippen LogP contribution in [0.1, 0.15) is 45.8 Å². The number of nitro groups is 1. The number of nitro benzene ring substituents is 1. The molecule has 0 N–H and O–H groups in total. The first-order valence-corrected chi connectivity index (χ1v) is 12.3. The number of esters is 1. The Kier molecular flexibility index (Phi) is 5.05. The molecule has 0 aromatic heterocycles. The van der Waals surface area contributed by atoms with Crippen LogP contribution < -0.4 is 4.90 Å². The van der Waals surface area contributed by atoms with E-state index in [1.807, 2.05) is 54.6 Å². The summed E-state index contributed by atoms with van der Waals surface area (Å²) in [6, 6.07) is 20.9. The topological polar surface area (TPSA) is 107 Å². The van der Waals surface area contributed by atoms with Gasteiger partial charge < -0.3 is 9.64 Å². The Morgan fingerprint density at radius 1 is 1.00 bits per heavy atom. The average Bonchev–Trinajstić information content (AvgIpc) is 3.46. The summed E-state index contributed by atoms with van der Waals surface area (Å²) < 4.78 is 5.56. The lowest BCUT2D eigenvalue weighted by Crippen LogP contribution is -2.49. The van der Waals surface area contributed by atoms with E-state index in [2.05, 4.69) is 0 Å². The van der Waals surface area contributed by atoms with Gasteiger partial charge in [-0.2, -0.15) is 0 Å². The van der Waals surface area contributed by atoms with Crippen molar-refractivity contribution < 1.29 is 24.0 Å². The van der Waals surface area contributed by atoms with E-state index in [-0.39, 0.29) is 35.1 Å². The van der Waals surface area contributed by atoms with Gasteiger partial charge in [-0.05, 0) is 24.1 Å². The molecule has 1 amide bonds. The summed E-state index contributed by atoms with van der Waals surface area (Å²) in [6.45, 7) is 1.75. The summed E-state index contributed by atoms with van der Waals surface area (Å²) in [7, 11) is 1.66. The third kappa shape index (κ3) is 2.81. The minimum absolute atomic E-state index is 0.0716. The number of anilines is 1. The van der Waals surface area contributed by atoms with Crippen molar-refractivity contribution in [1.82, 2.24) is 0 Å². The summed E-state index contributed by atoms with van der Waals surface area (Å²) in [5.41, 5.74) is 0.787. The van der Waals surface area contributed by atoms with Crippen molar-refractivity contribution in [3.05, 3.63) is 105 Å². The van der Waals surface area contributed by atoms with Crippen molar-refractivity contribution in [3.8, 4) is 0 Å². The highest BCUT2D eigenvalue weighted by molar-refractivity contribution is 6.15. The smallest absolute Gasteiger partial charge is 0.311 e. The first kappa shape index (κ1) is 23.1. The van der Waals surface area contributed by atoms with Crippen LogP contribution in [-0.4, -0.2) is 36.2 Å². The summed E-state index contributed by atoms with van der Waals surface area (Å²) in [5, 5.41) is 12.1. The van der Waals surface area contributed by atoms with Gasteiger partial charge in [-0.3, -0.25) is 24.5 Å². The normalized spacial score (nSPS) is 27.2. The Hall–Kier alpha value is -4.33. The summed E-state index contributed by atoms with van der Waals surface area (Å²) >= 11 is 0. The lowest BCUT2D eigenvalue weighted by atomic mass is 9.63. The molecule has 2 aliphatic carbocycles. The molecule has 5 atom stereocenters. The summed E-state index contributed by atoms with van der Waals surface area (Å²) in [4.78, 5) is 55.6. The minimum Gasteiger partial charge on any atom is -0.466 e. The maximum Gasteiger partial charge on any atom is 0.311 e. The molecule has 186 valence electrons. The fourth-order valence-electron chi connectivity index (χ4n) is 7.21. The Morgan fingerprint density at radius 2 is 1.70 bits per heavy atom. The fraction of sp³-hybridized carbons (Fsp3) is 0.276. The number of amides is 1. The Morgan fingerprint density at radius 3 is 2.41 bits per heavy atom. The molecule has 3 aliphatic rings. The lowest BCUT2D eigenvalue weighted by Gasteiger charge is -2.36. The third-order valence-corrected chi connectivity index (χ3v) is 8.34. The number of carbonyl (C=O) groups is 3. The molecule has 8 heteroatoms. The number of fused-ring (bicyclic) bond motifs is 5. The van der Waals surface area contributed by atoms with Crippen molar-refractivity contribution in [2.24, 2.45) is 11.8 Å². The van der Waals surface area contributed by atoms with Crippen molar-refractivity contribution in [3.63, 3.8) is 0 Å². The number of likely N-dealkylation sites (N-methyl/N-ethyl adjacent to an activating group) is 1. The monoisotopic (exact) mass is 496 g/mol. The average molecular weight is 497 g/mol. The molecule has 1 aliphatic heterocycles. The minimum atomic E-state index is -1.47. The van der Waals surface area contributed by atoms with E-state index in [9.17, 15) is 24.5 Å². The van der Waals surface area contributed by atoms with Gasteiger partial charge in [-0.25, -0.2) is 0 Å². The first-order chi connectivity index (χ1) is 17.9. The molecule has 0 saturated heterocycles. The second-order valence-corrected chi connectivity index (χ2v) is 9.78. The van der Waals surface area contributed by atoms with E-state index in [4.69, 9.17) is 4.74 Å².